The fraction of sp³-hybridized carbons (Fsp3) is 0.750. The Morgan fingerprint density at radius 1 is 1.75 bits per heavy atom. The standard InChI is InChI=1S/C8H13NO3/c1-3-4-6-7(8(10)11)9-5(2)12-6/h6-7H,3-4H2,1-2H3,(H,10,11). The smallest absolute Gasteiger partial charge is 0.332 e. The van der Waals surface area contributed by atoms with Gasteiger partial charge in [-0.3, -0.25) is 0 Å². The molecule has 0 aromatic rings. The van der Waals surface area contributed by atoms with Crippen LogP contribution in [0.1, 0.15) is 26.7 Å². The zero-order valence-corrected chi connectivity index (χ0v) is 7.28. The molecule has 4 heteroatoms. The van der Waals surface area contributed by atoms with Crippen LogP contribution in [-0.4, -0.2) is 29.1 Å². The fourth-order valence-electron chi connectivity index (χ4n) is 1.31. The highest BCUT2D eigenvalue weighted by atomic mass is 16.5. The van der Waals surface area contributed by atoms with Crippen molar-refractivity contribution < 1.29 is 14.6 Å². The first-order chi connectivity index (χ1) is 5.65. The summed E-state index contributed by atoms with van der Waals surface area (Å²) in [5, 5.41) is 8.74. The largest absolute Gasteiger partial charge is 0.480 e. The Kier molecular flexibility index (Phi) is 2.68. The molecular formula is C8H13NO3. The van der Waals surface area contributed by atoms with Gasteiger partial charge in [0.15, 0.2) is 11.9 Å². The number of carboxylic acids is 1. The molecule has 0 fully saturated rings. The third kappa shape index (κ3) is 1.75. The molecule has 0 amide bonds. The molecule has 4 nitrogen and oxygen atoms in total. The van der Waals surface area contributed by atoms with Crippen LogP contribution in [0.4, 0.5) is 0 Å². The van der Waals surface area contributed by atoms with E-state index in [0.29, 0.717) is 5.90 Å². The van der Waals surface area contributed by atoms with Crippen molar-refractivity contribution in [1.82, 2.24) is 0 Å². The SMILES string of the molecule is CCCC1OC(C)=NC1C(=O)O. The number of rotatable bonds is 3. The molecule has 0 saturated carbocycles. The second-order valence-electron chi connectivity index (χ2n) is 2.88. The maximum atomic E-state index is 10.6. The van der Waals surface area contributed by atoms with Gasteiger partial charge in [0.05, 0.1) is 0 Å². The summed E-state index contributed by atoms with van der Waals surface area (Å²) in [5.74, 6) is -0.411. The molecule has 2 atom stereocenters. The zero-order valence-electron chi connectivity index (χ0n) is 7.28. The van der Waals surface area contributed by atoms with Crippen molar-refractivity contribution in [3.8, 4) is 0 Å². The third-order valence-corrected chi connectivity index (χ3v) is 1.82. The highest BCUT2D eigenvalue weighted by Crippen LogP contribution is 2.18. The molecule has 0 bridgehead atoms. The number of aliphatic carboxylic acids is 1. The van der Waals surface area contributed by atoms with Gasteiger partial charge in [0.1, 0.15) is 6.10 Å². The summed E-state index contributed by atoms with van der Waals surface area (Å²) >= 11 is 0. The molecule has 0 aromatic heterocycles. The average Bonchev–Trinajstić information content (AvgIpc) is 2.32. The van der Waals surface area contributed by atoms with E-state index >= 15 is 0 Å². The molecule has 0 aromatic carbocycles. The van der Waals surface area contributed by atoms with Crippen molar-refractivity contribution in [2.75, 3.05) is 0 Å². The van der Waals surface area contributed by atoms with E-state index in [2.05, 4.69) is 4.99 Å². The molecule has 0 spiro atoms. The Morgan fingerprint density at radius 2 is 2.42 bits per heavy atom. The molecule has 1 heterocycles. The number of carboxylic acid groups (broad SMARTS) is 1. The van der Waals surface area contributed by atoms with Crippen LogP contribution < -0.4 is 0 Å². The van der Waals surface area contributed by atoms with E-state index in [0.717, 1.165) is 12.8 Å². The van der Waals surface area contributed by atoms with Crippen LogP contribution in [0.2, 0.25) is 0 Å². The summed E-state index contributed by atoms with van der Waals surface area (Å²) in [6.45, 7) is 3.68. The minimum absolute atomic E-state index is 0.257. The summed E-state index contributed by atoms with van der Waals surface area (Å²) in [5.41, 5.74) is 0. The van der Waals surface area contributed by atoms with Gasteiger partial charge in [0, 0.05) is 6.92 Å². The van der Waals surface area contributed by atoms with Crippen LogP contribution in [0, 0.1) is 0 Å². The maximum Gasteiger partial charge on any atom is 0.332 e. The Morgan fingerprint density at radius 3 is 2.92 bits per heavy atom. The third-order valence-electron chi connectivity index (χ3n) is 1.82. The number of carbonyl (C=O) groups is 1. The first kappa shape index (κ1) is 9.03. The number of nitrogens with zero attached hydrogens (tertiary/aromatic N) is 1. The van der Waals surface area contributed by atoms with E-state index in [1.54, 1.807) is 6.92 Å². The molecule has 1 aliphatic rings. The van der Waals surface area contributed by atoms with Crippen LogP contribution in [0.15, 0.2) is 4.99 Å². The maximum absolute atomic E-state index is 10.6. The summed E-state index contributed by atoms with van der Waals surface area (Å²) in [6, 6.07) is -0.690. The van der Waals surface area contributed by atoms with E-state index in [1.165, 1.54) is 0 Å². The molecule has 2 unspecified atom stereocenters. The lowest BCUT2D eigenvalue weighted by Crippen LogP contribution is -2.29. The highest BCUT2D eigenvalue weighted by Gasteiger charge is 2.33. The van der Waals surface area contributed by atoms with Gasteiger partial charge in [-0.2, -0.15) is 0 Å². The van der Waals surface area contributed by atoms with Gasteiger partial charge >= 0.3 is 5.97 Å². The number of hydrogen-bond acceptors (Lipinski definition) is 3. The Bertz CT molecular complexity index is 212. The molecule has 0 aliphatic carbocycles. The summed E-state index contributed by atoms with van der Waals surface area (Å²) in [6.07, 6.45) is 1.40. The number of aliphatic imine (C=N–C) groups is 1. The van der Waals surface area contributed by atoms with Gasteiger partial charge in [-0.25, -0.2) is 9.79 Å². The second-order valence-corrected chi connectivity index (χ2v) is 2.88. The minimum Gasteiger partial charge on any atom is -0.480 e. The molecule has 12 heavy (non-hydrogen) atoms. The van der Waals surface area contributed by atoms with Crippen LogP contribution in [0.3, 0.4) is 0 Å². The summed E-state index contributed by atoms with van der Waals surface area (Å²) in [4.78, 5) is 14.5. The van der Waals surface area contributed by atoms with Gasteiger partial charge < -0.3 is 9.84 Å². The first-order valence-corrected chi connectivity index (χ1v) is 4.09. The monoisotopic (exact) mass is 171 g/mol. The molecule has 0 radical (unpaired) electrons. The molecule has 1 N–H and O–H groups in total. The van der Waals surface area contributed by atoms with E-state index in [4.69, 9.17) is 9.84 Å². The Labute approximate surface area is 71.3 Å². The molecule has 0 saturated heterocycles. The van der Waals surface area contributed by atoms with Crippen molar-refractivity contribution in [3.63, 3.8) is 0 Å². The van der Waals surface area contributed by atoms with Crippen molar-refractivity contribution in [2.24, 2.45) is 4.99 Å². The van der Waals surface area contributed by atoms with Gasteiger partial charge in [-0.05, 0) is 6.42 Å². The quantitative estimate of drug-likeness (QED) is 0.690. The Hall–Kier alpha value is -1.06. The van der Waals surface area contributed by atoms with Gasteiger partial charge in [-0.1, -0.05) is 13.3 Å². The fourth-order valence-corrected chi connectivity index (χ4v) is 1.31. The second kappa shape index (κ2) is 3.56. The number of ether oxygens (including phenoxy) is 1. The summed E-state index contributed by atoms with van der Waals surface area (Å²) in [7, 11) is 0. The van der Waals surface area contributed by atoms with E-state index in [1.807, 2.05) is 6.92 Å². The minimum atomic E-state index is -0.898. The van der Waals surface area contributed by atoms with E-state index < -0.39 is 12.0 Å². The van der Waals surface area contributed by atoms with E-state index in [-0.39, 0.29) is 6.10 Å². The van der Waals surface area contributed by atoms with Gasteiger partial charge in [0.25, 0.3) is 0 Å². The van der Waals surface area contributed by atoms with Crippen LogP contribution >= 0.6 is 0 Å². The molecule has 68 valence electrons. The van der Waals surface area contributed by atoms with Crippen molar-refractivity contribution >= 4 is 11.9 Å². The Balaban J connectivity index is 2.61. The van der Waals surface area contributed by atoms with Gasteiger partial charge in [0.2, 0.25) is 0 Å². The van der Waals surface area contributed by atoms with Crippen LogP contribution in [-0.2, 0) is 9.53 Å². The molecule has 1 aliphatic heterocycles. The van der Waals surface area contributed by atoms with Crippen LogP contribution in [0.25, 0.3) is 0 Å². The molecular weight excluding hydrogens is 158 g/mol. The average molecular weight is 171 g/mol. The van der Waals surface area contributed by atoms with Crippen molar-refractivity contribution in [1.29, 1.82) is 0 Å². The molecule has 1 rings (SSSR count). The predicted molar refractivity (Wildman–Crippen MR) is 44.3 cm³/mol. The van der Waals surface area contributed by atoms with Crippen molar-refractivity contribution in [3.05, 3.63) is 0 Å². The normalized spacial score (nSPS) is 28.0. The van der Waals surface area contributed by atoms with Crippen LogP contribution in [0.5, 0.6) is 0 Å². The first-order valence-electron chi connectivity index (χ1n) is 4.09. The van der Waals surface area contributed by atoms with E-state index in [9.17, 15) is 4.79 Å². The summed E-state index contributed by atoms with van der Waals surface area (Å²) < 4.78 is 5.24. The highest BCUT2D eigenvalue weighted by molar-refractivity contribution is 5.84. The lowest BCUT2D eigenvalue weighted by atomic mass is 10.1. The lowest BCUT2D eigenvalue weighted by Gasteiger charge is -2.12. The predicted octanol–water partition coefficient (Wildman–Crippen LogP) is 1.06. The topological polar surface area (TPSA) is 58.9 Å². The lowest BCUT2D eigenvalue weighted by molar-refractivity contribution is -0.140. The number of hydrogen-bond donors (Lipinski definition) is 1. The van der Waals surface area contributed by atoms with Gasteiger partial charge in [-0.15, -0.1) is 0 Å². The van der Waals surface area contributed by atoms with Crippen molar-refractivity contribution in [2.45, 2.75) is 38.8 Å². The zero-order chi connectivity index (χ0) is 9.14.